The highest BCUT2D eigenvalue weighted by Crippen LogP contribution is 2.33. The molecule has 0 aliphatic rings. The van der Waals surface area contributed by atoms with Gasteiger partial charge in [0, 0.05) is 15.7 Å². The number of halogens is 2. The number of nitrogens with one attached hydrogen (secondary N) is 2. The number of phenolic OH excluding ortho intramolecular Hbond substituents is 1. The number of nitrogens with zero attached hydrogens (tertiary/aromatic N) is 1. The minimum absolute atomic E-state index is 0.0927. The summed E-state index contributed by atoms with van der Waals surface area (Å²) in [6.07, 6.45) is 1.40. The van der Waals surface area contributed by atoms with E-state index in [9.17, 15) is 19.1 Å². The number of anilines is 1. The molecule has 3 N–H and O–H groups in total. The minimum Gasteiger partial charge on any atom is -0.507 e. The van der Waals surface area contributed by atoms with E-state index in [2.05, 4.69) is 31.8 Å². The molecule has 0 radical (unpaired) electrons. The molecule has 0 unspecified atom stereocenters. The summed E-state index contributed by atoms with van der Waals surface area (Å²) in [5.41, 5.74) is 3.49. The lowest BCUT2D eigenvalue weighted by molar-refractivity contribution is -0.118. The standard InChI is InChI=1S/C27H21BrFN3O5/c1-36-24-12-18(14-30-32-27(35)21-10-16-4-2-3-5-17(16)11-23(21)33)22(28)13-25(24)37-15-26(34)31-20-8-6-19(29)7-9-20/h2-14,33H,15H2,1H3,(H,31,34)(H,32,35). The fourth-order valence-electron chi connectivity index (χ4n) is 3.43. The lowest BCUT2D eigenvalue weighted by Gasteiger charge is -2.13. The maximum Gasteiger partial charge on any atom is 0.275 e. The molecule has 0 aliphatic heterocycles. The molecule has 0 bridgehead atoms. The number of benzene rings is 4. The van der Waals surface area contributed by atoms with Gasteiger partial charge in [-0.05, 0) is 75.2 Å². The molecule has 0 saturated carbocycles. The highest BCUT2D eigenvalue weighted by atomic mass is 79.9. The third-order valence-electron chi connectivity index (χ3n) is 5.25. The van der Waals surface area contributed by atoms with Gasteiger partial charge in [-0.2, -0.15) is 5.10 Å². The van der Waals surface area contributed by atoms with Crippen LogP contribution in [0.3, 0.4) is 0 Å². The Hall–Kier alpha value is -4.44. The van der Waals surface area contributed by atoms with E-state index in [1.165, 1.54) is 43.7 Å². The SMILES string of the molecule is COc1cc(C=NNC(=O)c2cc3ccccc3cc2O)c(Br)cc1OCC(=O)Nc1ccc(F)cc1. The Morgan fingerprint density at radius 3 is 2.43 bits per heavy atom. The summed E-state index contributed by atoms with van der Waals surface area (Å²) in [6.45, 7) is -0.307. The smallest absolute Gasteiger partial charge is 0.275 e. The van der Waals surface area contributed by atoms with Crippen molar-refractivity contribution in [2.24, 2.45) is 5.10 Å². The molecule has 0 spiro atoms. The molecule has 0 saturated heterocycles. The molecular weight excluding hydrogens is 545 g/mol. The van der Waals surface area contributed by atoms with Crippen LogP contribution in [0.5, 0.6) is 17.2 Å². The fraction of sp³-hybridized carbons (Fsp3) is 0.0741. The average Bonchev–Trinajstić information content (AvgIpc) is 2.89. The zero-order chi connectivity index (χ0) is 26.4. The van der Waals surface area contributed by atoms with Crippen LogP contribution >= 0.6 is 15.9 Å². The number of ether oxygens (including phenoxy) is 2. The topological polar surface area (TPSA) is 109 Å². The fourth-order valence-corrected chi connectivity index (χ4v) is 3.85. The van der Waals surface area contributed by atoms with Crippen LogP contribution in [0.15, 0.2) is 82.4 Å². The zero-order valence-electron chi connectivity index (χ0n) is 19.5. The number of aromatic hydroxyl groups is 1. The second kappa shape index (κ2) is 11.5. The molecule has 0 aliphatic carbocycles. The van der Waals surface area contributed by atoms with E-state index in [4.69, 9.17) is 9.47 Å². The number of amides is 2. The number of methoxy groups -OCH3 is 1. The Labute approximate surface area is 219 Å². The molecule has 0 aromatic heterocycles. The normalized spacial score (nSPS) is 10.9. The predicted octanol–water partition coefficient (Wildman–Crippen LogP) is 5.24. The van der Waals surface area contributed by atoms with Crippen molar-refractivity contribution in [3.8, 4) is 17.2 Å². The number of rotatable bonds is 8. The van der Waals surface area contributed by atoms with E-state index < -0.39 is 17.6 Å². The maximum absolute atomic E-state index is 13.0. The summed E-state index contributed by atoms with van der Waals surface area (Å²) >= 11 is 3.41. The summed E-state index contributed by atoms with van der Waals surface area (Å²) in [7, 11) is 1.44. The van der Waals surface area contributed by atoms with Crippen molar-refractivity contribution < 1.29 is 28.6 Å². The number of fused-ring (bicyclic) bond motifs is 1. The predicted molar refractivity (Wildman–Crippen MR) is 142 cm³/mol. The van der Waals surface area contributed by atoms with Gasteiger partial charge >= 0.3 is 0 Å². The van der Waals surface area contributed by atoms with Gasteiger partial charge in [0.05, 0.1) is 18.9 Å². The summed E-state index contributed by atoms with van der Waals surface area (Å²) in [5.74, 6) is -0.938. The largest absolute Gasteiger partial charge is 0.507 e. The van der Waals surface area contributed by atoms with Gasteiger partial charge < -0.3 is 19.9 Å². The maximum atomic E-state index is 13.0. The van der Waals surface area contributed by atoms with Crippen LogP contribution < -0.4 is 20.2 Å². The van der Waals surface area contributed by atoms with Crippen molar-refractivity contribution in [3.63, 3.8) is 0 Å². The summed E-state index contributed by atoms with van der Waals surface area (Å²) in [5, 5.41) is 18.4. The van der Waals surface area contributed by atoms with Gasteiger partial charge in [-0.15, -0.1) is 0 Å². The first-order valence-corrected chi connectivity index (χ1v) is 11.7. The molecule has 0 atom stereocenters. The number of hydrogen-bond acceptors (Lipinski definition) is 6. The number of carbonyl (C=O) groups is 2. The third kappa shape index (κ3) is 6.42. The molecule has 4 aromatic rings. The molecule has 188 valence electrons. The van der Waals surface area contributed by atoms with E-state index in [1.807, 2.05) is 24.3 Å². The molecule has 37 heavy (non-hydrogen) atoms. The average molecular weight is 566 g/mol. The number of hydrazone groups is 1. The summed E-state index contributed by atoms with van der Waals surface area (Å²) in [6, 6.07) is 19.1. The minimum atomic E-state index is -0.574. The van der Waals surface area contributed by atoms with Crippen molar-refractivity contribution in [2.45, 2.75) is 0 Å². The van der Waals surface area contributed by atoms with Crippen LogP contribution in [0.1, 0.15) is 15.9 Å². The Balaban J connectivity index is 1.41. The number of carbonyl (C=O) groups excluding carboxylic acids is 2. The van der Waals surface area contributed by atoms with Gasteiger partial charge in [0.2, 0.25) is 0 Å². The summed E-state index contributed by atoms with van der Waals surface area (Å²) < 4.78 is 24.5. The Morgan fingerprint density at radius 2 is 1.73 bits per heavy atom. The molecule has 4 aromatic carbocycles. The van der Waals surface area contributed by atoms with E-state index in [-0.39, 0.29) is 17.9 Å². The van der Waals surface area contributed by atoms with Crippen molar-refractivity contribution >= 4 is 50.4 Å². The third-order valence-corrected chi connectivity index (χ3v) is 5.93. The van der Waals surface area contributed by atoms with E-state index in [1.54, 1.807) is 18.2 Å². The van der Waals surface area contributed by atoms with E-state index in [0.717, 1.165) is 10.8 Å². The van der Waals surface area contributed by atoms with Crippen LogP contribution in [0, 0.1) is 5.82 Å². The van der Waals surface area contributed by atoms with Crippen molar-refractivity contribution in [1.82, 2.24) is 5.43 Å². The highest BCUT2D eigenvalue weighted by Gasteiger charge is 2.14. The van der Waals surface area contributed by atoms with Gasteiger partial charge in [-0.3, -0.25) is 9.59 Å². The van der Waals surface area contributed by atoms with Crippen LogP contribution in [-0.2, 0) is 4.79 Å². The first kappa shape index (κ1) is 25.6. The monoisotopic (exact) mass is 565 g/mol. The van der Waals surface area contributed by atoms with Crippen LogP contribution in [0.2, 0.25) is 0 Å². The Bertz CT molecular complexity index is 1490. The first-order chi connectivity index (χ1) is 17.8. The Morgan fingerprint density at radius 1 is 1.03 bits per heavy atom. The van der Waals surface area contributed by atoms with E-state index >= 15 is 0 Å². The second-order valence-electron chi connectivity index (χ2n) is 7.78. The van der Waals surface area contributed by atoms with Gasteiger partial charge in [0.15, 0.2) is 18.1 Å². The molecule has 4 rings (SSSR count). The number of phenols is 1. The molecule has 10 heteroatoms. The highest BCUT2D eigenvalue weighted by molar-refractivity contribution is 9.10. The van der Waals surface area contributed by atoms with Gasteiger partial charge in [0.1, 0.15) is 11.6 Å². The molecule has 2 amide bonds. The summed E-state index contributed by atoms with van der Waals surface area (Å²) in [4.78, 5) is 24.7. The van der Waals surface area contributed by atoms with Crippen molar-refractivity contribution in [3.05, 3.63) is 94.2 Å². The molecular formula is C27H21BrFN3O5. The lowest BCUT2D eigenvalue weighted by Crippen LogP contribution is -2.20. The van der Waals surface area contributed by atoms with Gasteiger partial charge in [-0.25, -0.2) is 9.82 Å². The van der Waals surface area contributed by atoms with Gasteiger partial charge in [-0.1, -0.05) is 24.3 Å². The van der Waals surface area contributed by atoms with Crippen molar-refractivity contribution in [1.29, 1.82) is 0 Å². The molecule has 0 heterocycles. The first-order valence-electron chi connectivity index (χ1n) is 10.9. The quantitative estimate of drug-likeness (QED) is 0.200. The lowest BCUT2D eigenvalue weighted by atomic mass is 10.1. The number of hydrogen-bond donors (Lipinski definition) is 3. The van der Waals surface area contributed by atoms with Gasteiger partial charge in [0.25, 0.3) is 11.8 Å². The molecule has 0 fully saturated rings. The van der Waals surface area contributed by atoms with Crippen LogP contribution in [-0.4, -0.2) is 36.9 Å². The molecule has 8 nitrogen and oxygen atoms in total. The van der Waals surface area contributed by atoms with E-state index in [0.29, 0.717) is 27.2 Å². The second-order valence-corrected chi connectivity index (χ2v) is 8.64. The van der Waals surface area contributed by atoms with Crippen molar-refractivity contribution in [2.75, 3.05) is 19.0 Å². The van der Waals surface area contributed by atoms with Crippen LogP contribution in [0.25, 0.3) is 10.8 Å². The zero-order valence-corrected chi connectivity index (χ0v) is 21.1. The Kier molecular flexibility index (Phi) is 7.99. The van der Waals surface area contributed by atoms with Crippen LogP contribution in [0.4, 0.5) is 10.1 Å².